The first kappa shape index (κ1) is 20.5. The lowest BCUT2D eigenvalue weighted by atomic mass is 10.0. The van der Waals surface area contributed by atoms with E-state index in [1.54, 1.807) is 11.3 Å². The molecule has 0 bridgehead atoms. The molecule has 2 aliphatic heterocycles. The van der Waals surface area contributed by atoms with E-state index >= 15 is 0 Å². The van der Waals surface area contributed by atoms with Gasteiger partial charge in [0.1, 0.15) is 0 Å². The van der Waals surface area contributed by atoms with E-state index in [0.717, 1.165) is 69.7 Å². The zero-order valence-corrected chi connectivity index (χ0v) is 17.7. The van der Waals surface area contributed by atoms with Crippen molar-refractivity contribution < 1.29 is 9.53 Å². The number of carbonyl (C=O) groups is 1. The Morgan fingerprint density at radius 1 is 1.22 bits per heavy atom. The number of hydrogen-bond donors (Lipinski definition) is 1. The molecule has 3 rings (SSSR count). The predicted molar refractivity (Wildman–Crippen MR) is 110 cm³/mol. The molecule has 2 saturated heterocycles. The van der Waals surface area contributed by atoms with Crippen molar-refractivity contribution in [2.45, 2.75) is 32.7 Å². The maximum absolute atomic E-state index is 12.5. The van der Waals surface area contributed by atoms with E-state index in [1.165, 1.54) is 0 Å². The molecule has 0 radical (unpaired) electrons. The van der Waals surface area contributed by atoms with Crippen LogP contribution in [-0.2, 0) is 9.53 Å². The maximum atomic E-state index is 12.5. The summed E-state index contributed by atoms with van der Waals surface area (Å²) in [5, 5.41) is 6.35. The van der Waals surface area contributed by atoms with Crippen molar-refractivity contribution in [3.63, 3.8) is 0 Å². The second kappa shape index (κ2) is 9.32. The van der Waals surface area contributed by atoms with Gasteiger partial charge in [-0.3, -0.25) is 14.6 Å². The van der Waals surface area contributed by atoms with Crippen LogP contribution in [0.5, 0.6) is 0 Å². The van der Waals surface area contributed by atoms with Crippen LogP contribution in [0.15, 0.2) is 5.38 Å². The van der Waals surface area contributed by atoms with E-state index in [-0.39, 0.29) is 11.4 Å². The van der Waals surface area contributed by atoms with Crippen molar-refractivity contribution in [2.75, 3.05) is 70.5 Å². The van der Waals surface area contributed by atoms with Crippen molar-refractivity contribution in [1.29, 1.82) is 0 Å². The summed E-state index contributed by atoms with van der Waals surface area (Å²) >= 11 is 1.71. The average Bonchev–Trinajstić information content (AvgIpc) is 2.96. The smallest absolute Gasteiger partial charge is 0.234 e. The summed E-state index contributed by atoms with van der Waals surface area (Å²) in [4.78, 5) is 24.1. The third-order valence-electron chi connectivity index (χ3n) is 5.42. The summed E-state index contributed by atoms with van der Waals surface area (Å²) in [6.45, 7) is 14.8. The summed E-state index contributed by atoms with van der Waals surface area (Å²) in [6.07, 6.45) is 1.06. The lowest BCUT2D eigenvalue weighted by Gasteiger charge is -2.41. The minimum Gasteiger partial charge on any atom is -0.379 e. The molecule has 1 aromatic heterocycles. The summed E-state index contributed by atoms with van der Waals surface area (Å²) in [5.41, 5.74) is 1.04. The summed E-state index contributed by atoms with van der Waals surface area (Å²) in [5.74, 6) is 0.120. The van der Waals surface area contributed by atoms with Gasteiger partial charge < -0.3 is 15.0 Å². The van der Waals surface area contributed by atoms with Gasteiger partial charge in [0.25, 0.3) is 0 Å². The van der Waals surface area contributed by atoms with E-state index in [1.807, 2.05) is 6.92 Å². The number of nitrogens with zero attached hydrogens (tertiary/aromatic N) is 4. The van der Waals surface area contributed by atoms with Crippen molar-refractivity contribution >= 4 is 22.4 Å². The normalized spacial score (nSPS) is 20.5. The molecule has 0 unspecified atom stereocenters. The highest BCUT2D eigenvalue weighted by atomic mass is 32.1. The Balaban J connectivity index is 1.42. The van der Waals surface area contributed by atoms with E-state index in [9.17, 15) is 4.79 Å². The number of thiazole rings is 1. The van der Waals surface area contributed by atoms with E-state index < -0.39 is 0 Å². The zero-order valence-electron chi connectivity index (χ0n) is 16.9. The Morgan fingerprint density at radius 2 is 2.00 bits per heavy atom. The Bertz CT molecular complexity index is 615. The standard InChI is InChI=1S/C19H33N5O2S/c1-16-14-27-18(21-16)23-6-4-5-22(7-8-23)13-17(25)20-15-19(2,3)24-9-11-26-12-10-24/h14H,4-13,15H2,1-3H3,(H,20,25). The number of morpholine rings is 1. The number of carbonyl (C=O) groups excluding carboxylic acids is 1. The Labute approximate surface area is 166 Å². The molecule has 1 amide bonds. The van der Waals surface area contributed by atoms with Gasteiger partial charge in [-0.25, -0.2) is 4.98 Å². The number of nitrogens with one attached hydrogen (secondary N) is 1. The lowest BCUT2D eigenvalue weighted by Crippen LogP contribution is -2.56. The molecule has 0 atom stereocenters. The first-order valence-electron chi connectivity index (χ1n) is 9.93. The average molecular weight is 396 g/mol. The molecule has 7 nitrogen and oxygen atoms in total. The Hall–Kier alpha value is -1.22. The first-order valence-corrected chi connectivity index (χ1v) is 10.8. The van der Waals surface area contributed by atoms with Crippen molar-refractivity contribution in [3.8, 4) is 0 Å². The highest BCUT2D eigenvalue weighted by molar-refractivity contribution is 7.13. The van der Waals surface area contributed by atoms with Crippen molar-refractivity contribution in [1.82, 2.24) is 20.1 Å². The second-order valence-electron chi connectivity index (χ2n) is 8.08. The maximum Gasteiger partial charge on any atom is 0.234 e. The minimum absolute atomic E-state index is 0.0439. The fraction of sp³-hybridized carbons (Fsp3) is 0.789. The minimum atomic E-state index is -0.0439. The van der Waals surface area contributed by atoms with Gasteiger partial charge in [0, 0.05) is 56.7 Å². The molecule has 27 heavy (non-hydrogen) atoms. The number of aryl methyl sites for hydroxylation is 1. The number of aromatic nitrogens is 1. The molecule has 3 heterocycles. The van der Waals surface area contributed by atoms with Crippen LogP contribution in [0.3, 0.4) is 0 Å². The van der Waals surface area contributed by atoms with Crippen LogP contribution in [0.4, 0.5) is 5.13 Å². The Morgan fingerprint density at radius 3 is 2.70 bits per heavy atom. The number of anilines is 1. The third kappa shape index (κ3) is 5.88. The topological polar surface area (TPSA) is 60.9 Å². The highest BCUT2D eigenvalue weighted by Crippen LogP contribution is 2.21. The molecule has 1 N–H and O–H groups in total. The van der Waals surface area contributed by atoms with E-state index in [2.05, 4.69) is 44.2 Å². The van der Waals surface area contributed by atoms with Crippen LogP contribution in [0.2, 0.25) is 0 Å². The number of rotatable bonds is 6. The summed E-state index contributed by atoms with van der Waals surface area (Å²) in [6, 6.07) is 0. The molecule has 2 fully saturated rings. The van der Waals surface area contributed by atoms with E-state index in [4.69, 9.17) is 4.74 Å². The molecule has 0 spiro atoms. The van der Waals surface area contributed by atoms with Crippen LogP contribution >= 0.6 is 11.3 Å². The van der Waals surface area contributed by atoms with Crippen LogP contribution in [-0.4, -0.2) is 91.8 Å². The molecular formula is C19H33N5O2S. The number of hydrogen-bond acceptors (Lipinski definition) is 7. The van der Waals surface area contributed by atoms with Crippen LogP contribution in [0.25, 0.3) is 0 Å². The molecular weight excluding hydrogens is 362 g/mol. The van der Waals surface area contributed by atoms with Gasteiger partial charge in [-0.2, -0.15) is 0 Å². The Kier molecular flexibility index (Phi) is 7.08. The molecule has 2 aliphatic rings. The van der Waals surface area contributed by atoms with Gasteiger partial charge in [-0.05, 0) is 27.2 Å². The fourth-order valence-corrected chi connectivity index (χ4v) is 4.52. The summed E-state index contributed by atoms with van der Waals surface area (Å²) in [7, 11) is 0. The van der Waals surface area contributed by atoms with Crippen molar-refractivity contribution in [2.24, 2.45) is 0 Å². The van der Waals surface area contributed by atoms with Gasteiger partial charge in [-0.15, -0.1) is 11.3 Å². The molecule has 1 aromatic rings. The molecule has 152 valence electrons. The fourth-order valence-electron chi connectivity index (χ4n) is 3.66. The van der Waals surface area contributed by atoms with Crippen LogP contribution in [0, 0.1) is 6.92 Å². The largest absolute Gasteiger partial charge is 0.379 e. The first-order chi connectivity index (χ1) is 12.9. The molecule has 0 aromatic carbocycles. The quantitative estimate of drug-likeness (QED) is 0.781. The number of ether oxygens (including phenoxy) is 1. The van der Waals surface area contributed by atoms with Gasteiger partial charge in [0.2, 0.25) is 5.91 Å². The number of amides is 1. The van der Waals surface area contributed by atoms with Crippen LogP contribution in [0.1, 0.15) is 26.0 Å². The SMILES string of the molecule is Cc1csc(N2CCCN(CC(=O)NCC(C)(C)N3CCOCC3)CC2)n1. The lowest BCUT2D eigenvalue weighted by molar-refractivity contribution is -0.123. The van der Waals surface area contributed by atoms with E-state index in [0.29, 0.717) is 13.1 Å². The monoisotopic (exact) mass is 395 g/mol. The molecule has 0 aliphatic carbocycles. The second-order valence-corrected chi connectivity index (χ2v) is 8.91. The summed E-state index contributed by atoms with van der Waals surface area (Å²) < 4.78 is 5.43. The third-order valence-corrected chi connectivity index (χ3v) is 6.44. The molecule has 0 saturated carbocycles. The highest BCUT2D eigenvalue weighted by Gasteiger charge is 2.29. The van der Waals surface area contributed by atoms with Crippen molar-refractivity contribution in [3.05, 3.63) is 11.1 Å². The van der Waals surface area contributed by atoms with Gasteiger partial charge in [0.05, 0.1) is 25.5 Å². The van der Waals surface area contributed by atoms with Crippen LogP contribution < -0.4 is 10.2 Å². The van der Waals surface area contributed by atoms with Gasteiger partial charge >= 0.3 is 0 Å². The molecule has 8 heteroatoms. The zero-order chi connectivity index (χ0) is 19.3. The predicted octanol–water partition coefficient (Wildman–Crippen LogP) is 1.19. The van der Waals surface area contributed by atoms with Gasteiger partial charge in [0.15, 0.2) is 5.13 Å². The van der Waals surface area contributed by atoms with Gasteiger partial charge in [-0.1, -0.05) is 0 Å².